The fourth-order valence-electron chi connectivity index (χ4n) is 1.88. The predicted octanol–water partition coefficient (Wildman–Crippen LogP) is 0.821. The minimum absolute atomic E-state index is 0.0150. The Balaban J connectivity index is 2.30. The second kappa shape index (κ2) is 5.43. The number of amidine groups is 1. The Morgan fingerprint density at radius 1 is 1.61 bits per heavy atom. The second-order valence-electron chi connectivity index (χ2n) is 4.31. The highest BCUT2D eigenvalue weighted by Crippen LogP contribution is 2.21. The van der Waals surface area contributed by atoms with E-state index in [-0.39, 0.29) is 5.84 Å². The van der Waals surface area contributed by atoms with Crippen molar-refractivity contribution in [3.63, 3.8) is 0 Å². The van der Waals surface area contributed by atoms with Crippen LogP contribution in [0.3, 0.4) is 0 Å². The summed E-state index contributed by atoms with van der Waals surface area (Å²) in [5.41, 5.74) is 6.85. The molecule has 0 amide bonds. The highest BCUT2D eigenvalue weighted by atomic mass is 32.2. The zero-order chi connectivity index (χ0) is 13.1. The Morgan fingerprint density at radius 2 is 2.39 bits per heavy atom. The quantitative estimate of drug-likeness (QED) is 0.357. The molecule has 0 bridgehead atoms. The second-order valence-corrected chi connectivity index (χ2v) is 5.85. The van der Waals surface area contributed by atoms with Crippen LogP contribution >= 0.6 is 11.8 Å². The number of nitrogens with two attached hydrogens (primary N) is 1. The number of rotatable bonds is 2. The molecule has 1 aromatic rings. The number of oxime groups is 1. The standard InChI is InChI=1S/C11H17N5OS/c1-7-5-9(10(12)15-17)14-11(13-7)16-3-4-18-8(2)6-16/h5,8,17H,3-4,6H2,1-2H3,(H2,12,15). The maximum atomic E-state index is 8.71. The van der Waals surface area contributed by atoms with E-state index in [0.29, 0.717) is 16.9 Å². The van der Waals surface area contributed by atoms with Crippen molar-refractivity contribution in [1.29, 1.82) is 0 Å². The number of hydrogen-bond acceptors (Lipinski definition) is 6. The summed E-state index contributed by atoms with van der Waals surface area (Å²) < 4.78 is 0. The molecule has 1 saturated heterocycles. The fourth-order valence-corrected chi connectivity index (χ4v) is 2.89. The number of aromatic nitrogens is 2. The predicted molar refractivity (Wildman–Crippen MR) is 73.4 cm³/mol. The smallest absolute Gasteiger partial charge is 0.226 e. The van der Waals surface area contributed by atoms with Gasteiger partial charge in [0.05, 0.1) is 0 Å². The van der Waals surface area contributed by atoms with Crippen LogP contribution in [0, 0.1) is 6.92 Å². The molecule has 0 spiro atoms. The fraction of sp³-hybridized carbons (Fsp3) is 0.545. The van der Waals surface area contributed by atoms with Gasteiger partial charge in [-0.15, -0.1) is 0 Å². The largest absolute Gasteiger partial charge is 0.409 e. The molecule has 0 radical (unpaired) electrons. The topological polar surface area (TPSA) is 87.6 Å². The lowest BCUT2D eigenvalue weighted by Crippen LogP contribution is -2.38. The Hall–Kier alpha value is -1.50. The normalized spacial score (nSPS) is 21.1. The van der Waals surface area contributed by atoms with Crippen LogP contribution in [0.25, 0.3) is 0 Å². The van der Waals surface area contributed by atoms with Crippen molar-refractivity contribution in [1.82, 2.24) is 9.97 Å². The summed E-state index contributed by atoms with van der Waals surface area (Å²) in [5.74, 6) is 1.74. The highest BCUT2D eigenvalue weighted by Gasteiger charge is 2.20. The van der Waals surface area contributed by atoms with Crippen molar-refractivity contribution < 1.29 is 5.21 Å². The molecule has 0 aromatic carbocycles. The number of anilines is 1. The molecular weight excluding hydrogens is 250 g/mol. The average molecular weight is 267 g/mol. The molecule has 3 N–H and O–H groups in total. The first-order chi connectivity index (χ1) is 8.60. The average Bonchev–Trinajstić information content (AvgIpc) is 2.37. The lowest BCUT2D eigenvalue weighted by atomic mass is 10.3. The van der Waals surface area contributed by atoms with Gasteiger partial charge in [-0.25, -0.2) is 9.97 Å². The van der Waals surface area contributed by atoms with E-state index in [1.807, 2.05) is 18.7 Å². The zero-order valence-electron chi connectivity index (χ0n) is 10.5. The van der Waals surface area contributed by atoms with Gasteiger partial charge in [-0.2, -0.15) is 11.8 Å². The lowest BCUT2D eigenvalue weighted by molar-refractivity contribution is 0.318. The third kappa shape index (κ3) is 2.84. The number of thioether (sulfide) groups is 1. The third-order valence-corrected chi connectivity index (χ3v) is 3.87. The molecule has 1 fully saturated rings. The molecule has 1 aromatic heterocycles. The summed E-state index contributed by atoms with van der Waals surface area (Å²) in [7, 11) is 0. The molecule has 1 unspecified atom stereocenters. The maximum absolute atomic E-state index is 8.71. The van der Waals surface area contributed by atoms with Crippen LogP contribution in [0.5, 0.6) is 0 Å². The van der Waals surface area contributed by atoms with Crippen molar-refractivity contribution in [2.75, 3.05) is 23.7 Å². The summed E-state index contributed by atoms with van der Waals surface area (Å²) in [6.45, 7) is 5.91. The van der Waals surface area contributed by atoms with Crippen LogP contribution in [-0.2, 0) is 0 Å². The van der Waals surface area contributed by atoms with E-state index in [0.717, 1.165) is 24.5 Å². The lowest BCUT2D eigenvalue weighted by Gasteiger charge is -2.30. The molecule has 7 heteroatoms. The monoisotopic (exact) mass is 267 g/mol. The van der Waals surface area contributed by atoms with Gasteiger partial charge in [-0.1, -0.05) is 12.1 Å². The molecule has 0 aliphatic carbocycles. The molecule has 1 aliphatic heterocycles. The zero-order valence-corrected chi connectivity index (χ0v) is 11.3. The molecule has 18 heavy (non-hydrogen) atoms. The van der Waals surface area contributed by atoms with Gasteiger partial charge in [0.1, 0.15) is 5.69 Å². The molecule has 0 saturated carbocycles. The van der Waals surface area contributed by atoms with Gasteiger partial charge in [0.25, 0.3) is 0 Å². The molecule has 2 rings (SSSR count). The minimum Gasteiger partial charge on any atom is -0.409 e. The van der Waals surface area contributed by atoms with Crippen molar-refractivity contribution in [2.24, 2.45) is 10.9 Å². The first-order valence-corrected chi connectivity index (χ1v) is 6.85. The first kappa shape index (κ1) is 12.9. The van der Waals surface area contributed by atoms with E-state index in [9.17, 15) is 0 Å². The van der Waals surface area contributed by atoms with Gasteiger partial charge >= 0.3 is 0 Å². The highest BCUT2D eigenvalue weighted by molar-refractivity contribution is 8.00. The summed E-state index contributed by atoms with van der Waals surface area (Å²) >= 11 is 1.95. The van der Waals surface area contributed by atoms with Gasteiger partial charge in [0.15, 0.2) is 5.84 Å². The van der Waals surface area contributed by atoms with E-state index in [1.165, 1.54) is 0 Å². The van der Waals surface area contributed by atoms with E-state index in [1.54, 1.807) is 6.07 Å². The Kier molecular flexibility index (Phi) is 3.90. The van der Waals surface area contributed by atoms with Crippen LogP contribution in [-0.4, -0.2) is 45.1 Å². The molecule has 6 nitrogen and oxygen atoms in total. The van der Waals surface area contributed by atoms with Gasteiger partial charge in [-0.3, -0.25) is 0 Å². The van der Waals surface area contributed by atoms with E-state index in [2.05, 4.69) is 26.9 Å². The molecular formula is C11H17N5OS. The van der Waals surface area contributed by atoms with Crippen LogP contribution in [0.2, 0.25) is 0 Å². The van der Waals surface area contributed by atoms with Gasteiger partial charge in [0.2, 0.25) is 5.95 Å². The van der Waals surface area contributed by atoms with E-state index >= 15 is 0 Å². The van der Waals surface area contributed by atoms with Crippen LogP contribution in [0.4, 0.5) is 5.95 Å². The van der Waals surface area contributed by atoms with Crippen LogP contribution in [0.1, 0.15) is 18.3 Å². The van der Waals surface area contributed by atoms with Crippen molar-refractivity contribution >= 4 is 23.5 Å². The van der Waals surface area contributed by atoms with E-state index in [4.69, 9.17) is 10.9 Å². The van der Waals surface area contributed by atoms with Gasteiger partial charge < -0.3 is 15.8 Å². The Morgan fingerprint density at radius 3 is 3.06 bits per heavy atom. The molecule has 1 atom stereocenters. The van der Waals surface area contributed by atoms with Crippen molar-refractivity contribution in [3.8, 4) is 0 Å². The molecule has 2 heterocycles. The maximum Gasteiger partial charge on any atom is 0.226 e. The third-order valence-electron chi connectivity index (χ3n) is 2.74. The van der Waals surface area contributed by atoms with Crippen LogP contribution < -0.4 is 10.6 Å². The van der Waals surface area contributed by atoms with Crippen LogP contribution in [0.15, 0.2) is 11.2 Å². The summed E-state index contributed by atoms with van der Waals surface area (Å²) in [5, 5.41) is 12.3. The Bertz CT molecular complexity index is 465. The Labute approximate surface area is 110 Å². The SMILES string of the molecule is Cc1cc(/C(N)=N/O)nc(N2CCSC(C)C2)n1. The number of aryl methyl sites for hydroxylation is 1. The number of nitrogens with zero attached hydrogens (tertiary/aromatic N) is 4. The minimum atomic E-state index is 0.0150. The summed E-state index contributed by atoms with van der Waals surface area (Å²) in [4.78, 5) is 10.9. The van der Waals surface area contributed by atoms with Crippen molar-refractivity contribution in [3.05, 3.63) is 17.5 Å². The van der Waals surface area contributed by atoms with Crippen molar-refractivity contribution in [2.45, 2.75) is 19.1 Å². The van der Waals surface area contributed by atoms with E-state index < -0.39 is 0 Å². The molecule has 98 valence electrons. The summed E-state index contributed by atoms with van der Waals surface area (Å²) in [6, 6.07) is 1.71. The van der Waals surface area contributed by atoms with Gasteiger partial charge in [-0.05, 0) is 13.0 Å². The first-order valence-electron chi connectivity index (χ1n) is 5.80. The van der Waals surface area contributed by atoms with Gasteiger partial charge in [0, 0.05) is 29.8 Å². The number of hydrogen-bond donors (Lipinski definition) is 2. The summed E-state index contributed by atoms with van der Waals surface area (Å²) in [6.07, 6.45) is 0. The molecule has 1 aliphatic rings.